The van der Waals surface area contributed by atoms with Gasteiger partial charge < -0.3 is 19.1 Å². The van der Waals surface area contributed by atoms with Crippen LogP contribution in [0.15, 0.2) is 158 Å². The molecule has 6 heteroatoms. The summed E-state index contributed by atoms with van der Waals surface area (Å²) < 4.78 is 8.91. The van der Waals surface area contributed by atoms with Gasteiger partial charge >= 0.3 is 0 Å². The van der Waals surface area contributed by atoms with Crippen LogP contribution in [0.1, 0.15) is 84.6 Å². The molecule has 0 saturated heterocycles. The van der Waals surface area contributed by atoms with Gasteiger partial charge in [0.2, 0.25) is 0 Å². The number of fused-ring (bicyclic) bond motifs is 4. The molecule has 67 heavy (non-hydrogen) atoms. The molecular formula is C61H57N4OPt-3. The molecule has 0 atom stereocenters. The van der Waals surface area contributed by atoms with Gasteiger partial charge in [0.05, 0.1) is 0 Å². The molecule has 2 aromatic heterocycles. The first kappa shape index (κ1) is 45.7. The molecule has 1 aliphatic heterocycles. The number of pyridine rings is 1. The van der Waals surface area contributed by atoms with E-state index < -0.39 is 0 Å². The summed E-state index contributed by atoms with van der Waals surface area (Å²) >= 11 is 0. The Kier molecular flexibility index (Phi) is 11.8. The van der Waals surface area contributed by atoms with E-state index in [0.29, 0.717) is 11.5 Å². The predicted molar refractivity (Wildman–Crippen MR) is 276 cm³/mol. The normalized spacial score (nSPS) is 13.0. The third-order valence-corrected chi connectivity index (χ3v) is 12.9. The number of aryl methyl sites for hydroxylation is 1. The van der Waals surface area contributed by atoms with Crippen LogP contribution >= 0.6 is 0 Å². The summed E-state index contributed by atoms with van der Waals surface area (Å²) in [6, 6.07) is 61.4. The molecule has 1 aliphatic rings. The number of hydrogen-bond acceptors (Lipinski definition) is 4. The van der Waals surface area contributed by atoms with Crippen molar-refractivity contribution in [1.82, 2.24) is 9.55 Å². The zero-order valence-electron chi connectivity index (χ0n) is 40.1. The molecular weight excluding hydrogens is 1000 g/mol. The molecule has 10 rings (SSSR count). The molecule has 340 valence electrons. The summed E-state index contributed by atoms with van der Waals surface area (Å²) in [4.78, 5) is 9.68. The molecule has 0 bridgehead atoms. The van der Waals surface area contributed by atoms with E-state index in [2.05, 4.69) is 236 Å². The summed E-state index contributed by atoms with van der Waals surface area (Å²) in [5.74, 6) is 2.03. The minimum atomic E-state index is -0.0372. The number of para-hydroxylation sites is 2. The molecule has 7 aromatic carbocycles. The second-order valence-electron chi connectivity index (χ2n) is 20.8. The second kappa shape index (κ2) is 17.3. The summed E-state index contributed by atoms with van der Waals surface area (Å²) in [5.41, 5.74) is 15.8. The number of nitrogens with zero attached hydrogens (tertiary/aromatic N) is 4. The monoisotopic (exact) mass is 1060 g/mol. The number of hydrogen-bond donors (Lipinski definition) is 0. The molecule has 3 heterocycles. The Morgan fingerprint density at radius 2 is 1.18 bits per heavy atom. The fourth-order valence-electron chi connectivity index (χ4n) is 9.11. The molecule has 0 spiro atoms. The van der Waals surface area contributed by atoms with Crippen LogP contribution in [0.3, 0.4) is 0 Å². The minimum Gasteiger partial charge on any atom is -0.509 e. The molecule has 0 amide bonds. The first-order valence-electron chi connectivity index (χ1n) is 23.0. The standard InChI is InChI=1S/C61H57N4O.Pt/c1-40-32-57(62-38-53(40)42-26-28-43(29-27-42)59(2,3)4)65-54-24-15-14-22-51(54)52-31-30-49(37-56(52)65)66-48-21-16-20-46(36-48)63-39-64(47-34-44(60(5,6)7)33-45(35-47)61(8,9)10)58-50(23-17-25-55(58)63)41-18-12-11-13-19-41;/h11-35,38-39H,1-10H3;/q-3;. The topological polar surface area (TPSA) is 33.5 Å². The summed E-state index contributed by atoms with van der Waals surface area (Å²) in [5, 5.41) is 2.22. The maximum absolute atomic E-state index is 6.71. The van der Waals surface area contributed by atoms with Crippen molar-refractivity contribution in [1.29, 1.82) is 0 Å². The first-order valence-corrected chi connectivity index (χ1v) is 23.0. The van der Waals surface area contributed by atoms with Crippen LogP contribution in [-0.2, 0) is 37.3 Å². The van der Waals surface area contributed by atoms with E-state index >= 15 is 0 Å². The van der Waals surface area contributed by atoms with Crippen molar-refractivity contribution in [3.63, 3.8) is 0 Å². The Morgan fingerprint density at radius 3 is 1.87 bits per heavy atom. The van der Waals surface area contributed by atoms with Crippen LogP contribution in [0, 0.1) is 25.7 Å². The average Bonchev–Trinajstić information content (AvgIpc) is 3.85. The van der Waals surface area contributed by atoms with Crippen molar-refractivity contribution in [3.8, 4) is 39.6 Å². The van der Waals surface area contributed by atoms with Gasteiger partial charge in [0.25, 0.3) is 0 Å². The van der Waals surface area contributed by atoms with Gasteiger partial charge in [0.15, 0.2) is 0 Å². The average molecular weight is 1060 g/mol. The number of aromatic nitrogens is 2. The van der Waals surface area contributed by atoms with Crippen molar-refractivity contribution in [2.75, 3.05) is 9.80 Å². The zero-order valence-corrected chi connectivity index (χ0v) is 42.4. The van der Waals surface area contributed by atoms with E-state index in [9.17, 15) is 0 Å². The van der Waals surface area contributed by atoms with Crippen molar-refractivity contribution in [2.24, 2.45) is 0 Å². The smallest absolute Gasteiger partial charge is 0.135 e. The number of ether oxygens (including phenoxy) is 1. The molecule has 0 fully saturated rings. The van der Waals surface area contributed by atoms with Crippen molar-refractivity contribution in [3.05, 3.63) is 199 Å². The molecule has 5 nitrogen and oxygen atoms in total. The third-order valence-electron chi connectivity index (χ3n) is 12.9. The fourth-order valence-corrected chi connectivity index (χ4v) is 9.11. The van der Waals surface area contributed by atoms with E-state index in [1.165, 1.54) is 16.7 Å². The number of anilines is 4. The molecule has 9 aromatic rings. The van der Waals surface area contributed by atoms with E-state index in [1.54, 1.807) is 0 Å². The van der Waals surface area contributed by atoms with Crippen LogP contribution in [-0.4, -0.2) is 9.55 Å². The van der Waals surface area contributed by atoms with Gasteiger partial charge in [-0.15, -0.1) is 48.1 Å². The Hall–Kier alpha value is -6.42. The zero-order chi connectivity index (χ0) is 46.1. The van der Waals surface area contributed by atoms with Crippen molar-refractivity contribution >= 4 is 44.6 Å². The molecule has 0 N–H and O–H groups in total. The summed E-state index contributed by atoms with van der Waals surface area (Å²) in [6.45, 7) is 24.9. The second-order valence-corrected chi connectivity index (χ2v) is 20.8. The largest absolute Gasteiger partial charge is 0.509 e. The SMILES string of the molecule is Cc1cc(-n2c3[c-]c(Oc4[c-]c(N5[CH-]N(c6cc(C(C)(C)C)cc(C(C)(C)C)c6)c6c(-c7ccccc7)cccc65)ccc4)ccc3c3ccccc32)ncc1-c1ccc(C(C)(C)C)cc1.[Pt]. The Morgan fingerprint density at radius 1 is 0.537 bits per heavy atom. The van der Waals surface area contributed by atoms with Gasteiger partial charge in [0.1, 0.15) is 5.82 Å². The number of benzene rings is 7. The van der Waals surface area contributed by atoms with Crippen LogP contribution in [0.25, 0.3) is 49.9 Å². The van der Waals surface area contributed by atoms with E-state index in [4.69, 9.17) is 9.72 Å². The summed E-state index contributed by atoms with van der Waals surface area (Å²) in [6.07, 6.45) is 2.00. The van der Waals surface area contributed by atoms with Crippen molar-refractivity contribution < 1.29 is 25.8 Å². The van der Waals surface area contributed by atoms with Gasteiger partial charge in [-0.05, 0) is 92.3 Å². The predicted octanol–water partition coefficient (Wildman–Crippen LogP) is 16.5. The van der Waals surface area contributed by atoms with Gasteiger partial charge in [0, 0.05) is 72.5 Å². The van der Waals surface area contributed by atoms with Gasteiger partial charge in [-0.1, -0.05) is 159 Å². The minimum absolute atomic E-state index is 0. The molecule has 0 unspecified atom stereocenters. The quantitative estimate of drug-likeness (QED) is 0.149. The third kappa shape index (κ3) is 8.71. The van der Waals surface area contributed by atoms with Crippen LogP contribution in [0.2, 0.25) is 0 Å². The molecule has 0 radical (unpaired) electrons. The Bertz CT molecular complexity index is 3240. The van der Waals surface area contributed by atoms with Crippen LogP contribution in [0.4, 0.5) is 22.7 Å². The maximum atomic E-state index is 6.71. The van der Waals surface area contributed by atoms with Gasteiger partial charge in [-0.3, -0.25) is 0 Å². The van der Waals surface area contributed by atoms with E-state index in [-0.39, 0.29) is 37.3 Å². The Labute approximate surface area is 411 Å². The molecule has 0 saturated carbocycles. The Balaban J connectivity index is 0.00000562. The fraction of sp³-hybridized carbons (Fsp3) is 0.213. The number of rotatable bonds is 7. The molecule has 0 aliphatic carbocycles. The van der Waals surface area contributed by atoms with Crippen molar-refractivity contribution in [2.45, 2.75) is 85.5 Å². The van der Waals surface area contributed by atoms with E-state index in [0.717, 1.165) is 78.2 Å². The van der Waals surface area contributed by atoms with Crippen LogP contribution < -0.4 is 14.5 Å². The van der Waals surface area contributed by atoms with E-state index in [1.807, 2.05) is 24.4 Å². The maximum Gasteiger partial charge on any atom is 0.135 e. The first-order chi connectivity index (χ1) is 31.5. The van der Waals surface area contributed by atoms with Gasteiger partial charge in [-0.2, -0.15) is 12.1 Å². The van der Waals surface area contributed by atoms with Crippen LogP contribution in [0.5, 0.6) is 11.5 Å². The van der Waals surface area contributed by atoms with Gasteiger partial charge in [-0.25, -0.2) is 4.98 Å². The summed E-state index contributed by atoms with van der Waals surface area (Å²) in [7, 11) is 0.